The molecule has 0 aliphatic rings. The SMILES string of the molecule is O=C(NCc1ccc(NC(=O)c2ccco2)cc1)c1ccc(-n2cc(Br)cn2)cc1. The van der Waals surface area contributed by atoms with E-state index < -0.39 is 0 Å². The van der Waals surface area contributed by atoms with Gasteiger partial charge in [-0.3, -0.25) is 9.59 Å². The maximum Gasteiger partial charge on any atom is 0.291 e. The predicted octanol–water partition coefficient (Wildman–Crippen LogP) is 4.41. The van der Waals surface area contributed by atoms with Crippen molar-refractivity contribution >= 4 is 33.4 Å². The Kier molecular flexibility index (Phi) is 5.76. The van der Waals surface area contributed by atoms with Crippen molar-refractivity contribution in [1.82, 2.24) is 15.1 Å². The Morgan fingerprint density at radius 2 is 1.77 bits per heavy atom. The molecule has 0 unspecified atom stereocenters. The number of hydrogen-bond donors (Lipinski definition) is 2. The Bertz CT molecular complexity index is 1150. The zero-order valence-corrected chi connectivity index (χ0v) is 17.3. The first kappa shape index (κ1) is 19.7. The number of anilines is 1. The van der Waals surface area contributed by atoms with E-state index in [4.69, 9.17) is 4.42 Å². The summed E-state index contributed by atoms with van der Waals surface area (Å²) in [6.07, 6.45) is 4.99. The molecule has 2 heterocycles. The van der Waals surface area contributed by atoms with Crippen LogP contribution in [-0.2, 0) is 6.54 Å². The standard InChI is InChI=1S/C22H17BrN4O3/c23-17-13-25-27(14-17)19-9-5-16(6-10-19)21(28)24-12-15-3-7-18(8-4-15)26-22(29)20-2-1-11-30-20/h1-11,13-14H,12H2,(H,24,28)(H,26,29). The van der Waals surface area contributed by atoms with Crippen LogP contribution in [0, 0.1) is 0 Å². The minimum Gasteiger partial charge on any atom is -0.459 e. The van der Waals surface area contributed by atoms with Crippen molar-refractivity contribution in [2.75, 3.05) is 5.32 Å². The van der Waals surface area contributed by atoms with Gasteiger partial charge in [0.2, 0.25) is 0 Å². The van der Waals surface area contributed by atoms with E-state index in [1.807, 2.05) is 30.5 Å². The third kappa shape index (κ3) is 4.66. The van der Waals surface area contributed by atoms with E-state index in [-0.39, 0.29) is 17.6 Å². The van der Waals surface area contributed by atoms with E-state index in [1.165, 1.54) is 6.26 Å². The number of halogens is 1. The summed E-state index contributed by atoms with van der Waals surface area (Å²) in [5.41, 5.74) is 2.99. The Balaban J connectivity index is 1.32. The number of hydrogen-bond acceptors (Lipinski definition) is 4. The number of carbonyl (C=O) groups excluding carboxylic acids is 2. The summed E-state index contributed by atoms with van der Waals surface area (Å²) >= 11 is 3.36. The topological polar surface area (TPSA) is 89.2 Å². The van der Waals surface area contributed by atoms with Crippen LogP contribution in [0.5, 0.6) is 0 Å². The molecule has 0 saturated heterocycles. The normalized spacial score (nSPS) is 10.6. The third-order valence-corrected chi connectivity index (χ3v) is 4.76. The largest absolute Gasteiger partial charge is 0.459 e. The smallest absolute Gasteiger partial charge is 0.291 e. The van der Waals surface area contributed by atoms with Crippen molar-refractivity contribution in [3.05, 3.63) is 101 Å². The highest BCUT2D eigenvalue weighted by molar-refractivity contribution is 9.10. The van der Waals surface area contributed by atoms with Gasteiger partial charge in [0.05, 0.1) is 22.6 Å². The number of amides is 2. The Labute approximate surface area is 180 Å². The second kappa shape index (κ2) is 8.79. The molecule has 0 aliphatic carbocycles. The summed E-state index contributed by atoms with van der Waals surface area (Å²) in [6.45, 7) is 0.374. The fourth-order valence-corrected chi connectivity index (χ4v) is 3.08. The van der Waals surface area contributed by atoms with Crippen molar-refractivity contribution in [1.29, 1.82) is 0 Å². The van der Waals surface area contributed by atoms with Gasteiger partial charge in [0, 0.05) is 24.0 Å². The van der Waals surface area contributed by atoms with Gasteiger partial charge in [0.25, 0.3) is 11.8 Å². The number of benzene rings is 2. The first-order valence-corrected chi connectivity index (χ1v) is 9.90. The van der Waals surface area contributed by atoms with Crippen LogP contribution in [0.25, 0.3) is 5.69 Å². The molecule has 150 valence electrons. The number of rotatable bonds is 6. The van der Waals surface area contributed by atoms with Gasteiger partial charge in [-0.25, -0.2) is 4.68 Å². The molecule has 0 radical (unpaired) electrons. The van der Waals surface area contributed by atoms with Gasteiger partial charge in [-0.1, -0.05) is 12.1 Å². The van der Waals surface area contributed by atoms with Crippen LogP contribution >= 0.6 is 15.9 Å². The molecule has 4 rings (SSSR count). The molecular weight excluding hydrogens is 448 g/mol. The first-order valence-electron chi connectivity index (χ1n) is 9.11. The summed E-state index contributed by atoms with van der Waals surface area (Å²) in [5, 5.41) is 9.86. The van der Waals surface area contributed by atoms with Crippen LogP contribution in [0.2, 0.25) is 0 Å². The maximum absolute atomic E-state index is 12.4. The first-order chi connectivity index (χ1) is 14.6. The van der Waals surface area contributed by atoms with Gasteiger partial charge in [0.1, 0.15) is 0 Å². The monoisotopic (exact) mass is 464 g/mol. The minimum atomic E-state index is -0.313. The van der Waals surface area contributed by atoms with Gasteiger partial charge < -0.3 is 15.1 Å². The van der Waals surface area contributed by atoms with Crippen molar-refractivity contribution < 1.29 is 14.0 Å². The molecule has 2 aromatic carbocycles. The van der Waals surface area contributed by atoms with Crippen LogP contribution < -0.4 is 10.6 Å². The average Bonchev–Trinajstić information content (AvgIpc) is 3.45. The number of nitrogens with one attached hydrogen (secondary N) is 2. The van der Waals surface area contributed by atoms with Crippen LogP contribution in [-0.4, -0.2) is 21.6 Å². The van der Waals surface area contributed by atoms with Gasteiger partial charge in [-0.05, 0) is 70.0 Å². The predicted molar refractivity (Wildman–Crippen MR) is 116 cm³/mol. The summed E-state index contributed by atoms with van der Waals surface area (Å²) < 4.78 is 7.67. The Morgan fingerprint density at radius 1 is 1.00 bits per heavy atom. The van der Waals surface area contributed by atoms with Gasteiger partial charge in [-0.15, -0.1) is 0 Å². The molecule has 8 heteroatoms. The zero-order chi connectivity index (χ0) is 20.9. The highest BCUT2D eigenvalue weighted by atomic mass is 79.9. The van der Waals surface area contributed by atoms with Gasteiger partial charge in [-0.2, -0.15) is 5.10 Å². The molecule has 0 saturated carbocycles. The van der Waals surface area contributed by atoms with Crippen molar-refractivity contribution in [3.8, 4) is 5.69 Å². The second-order valence-electron chi connectivity index (χ2n) is 6.46. The van der Waals surface area contributed by atoms with Gasteiger partial charge in [0.15, 0.2) is 5.76 Å². The number of nitrogens with zero attached hydrogens (tertiary/aromatic N) is 2. The molecule has 2 aromatic heterocycles. The summed E-state index contributed by atoms with van der Waals surface area (Å²) in [5.74, 6) is -0.233. The lowest BCUT2D eigenvalue weighted by molar-refractivity contribution is 0.0950. The summed E-state index contributed by atoms with van der Waals surface area (Å²) in [4.78, 5) is 24.4. The number of aromatic nitrogens is 2. The van der Waals surface area contributed by atoms with E-state index in [2.05, 4.69) is 31.7 Å². The molecule has 7 nitrogen and oxygen atoms in total. The maximum atomic E-state index is 12.4. The minimum absolute atomic E-state index is 0.168. The fraction of sp³-hybridized carbons (Fsp3) is 0.0455. The number of carbonyl (C=O) groups is 2. The molecule has 0 aliphatic heterocycles. The van der Waals surface area contributed by atoms with Crippen LogP contribution in [0.4, 0.5) is 5.69 Å². The molecule has 30 heavy (non-hydrogen) atoms. The lowest BCUT2D eigenvalue weighted by Crippen LogP contribution is -2.22. The van der Waals surface area contributed by atoms with Crippen molar-refractivity contribution in [2.45, 2.75) is 6.54 Å². The van der Waals surface area contributed by atoms with E-state index in [9.17, 15) is 9.59 Å². The van der Waals surface area contributed by atoms with Crippen LogP contribution in [0.15, 0.2) is 88.2 Å². The van der Waals surface area contributed by atoms with Crippen LogP contribution in [0.1, 0.15) is 26.5 Å². The van der Waals surface area contributed by atoms with Gasteiger partial charge >= 0.3 is 0 Å². The average molecular weight is 465 g/mol. The van der Waals surface area contributed by atoms with E-state index in [1.54, 1.807) is 47.3 Å². The fourth-order valence-electron chi connectivity index (χ4n) is 2.80. The molecule has 2 N–H and O–H groups in total. The summed E-state index contributed by atoms with van der Waals surface area (Å²) in [6, 6.07) is 17.7. The number of furan rings is 1. The Morgan fingerprint density at radius 3 is 2.40 bits per heavy atom. The Hall–Kier alpha value is -3.65. The summed E-state index contributed by atoms with van der Waals surface area (Å²) in [7, 11) is 0. The van der Waals surface area contributed by atoms with E-state index >= 15 is 0 Å². The quantitative estimate of drug-likeness (QED) is 0.442. The second-order valence-corrected chi connectivity index (χ2v) is 7.38. The van der Waals surface area contributed by atoms with E-state index in [0.717, 1.165) is 15.7 Å². The lowest BCUT2D eigenvalue weighted by Gasteiger charge is -2.08. The third-order valence-electron chi connectivity index (χ3n) is 4.35. The van der Waals surface area contributed by atoms with Crippen LogP contribution in [0.3, 0.4) is 0 Å². The molecule has 4 aromatic rings. The highest BCUT2D eigenvalue weighted by Crippen LogP contribution is 2.14. The molecule has 0 fully saturated rings. The molecule has 0 atom stereocenters. The molecular formula is C22H17BrN4O3. The van der Waals surface area contributed by atoms with E-state index in [0.29, 0.717) is 17.8 Å². The molecule has 0 spiro atoms. The lowest BCUT2D eigenvalue weighted by atomic mass is 10.1. The molecule has 0 bridgehead atoms. The highest BCUT2D eigenvalue weighted by Gasteiger charge is 2.09. The zero-order valence-electron chi connectivity index (χ0n) is 15.7. The molecule has 2 amide bonds. The van der Waals surface area contributed by atoms with Crippen molar-refractivity contribution in [2.24, 2.45) is 0 Å². The van der Waals surface area contributed by atoms with Crippen molar-refractivity contribution in [3.63, 3.8) is 0 Å².